The predicted molar refractivity (Wildman–Crippen MR) is 116 cm³/mol. The maximum Gasteiger partial charge on any atom is 0.0886 e. The van der Waals surface area contributed by atoms with Crippen molar-refractivity contribution in [1.29, 1.82) is 0 Å². The molecule has 5 heteroatoms. The van der Waals surface area contributed by atoms with E-state index in [0.29, 0.717) is 0 Å². The summed E-state index contributed by atoms with van der Waals surface area (Å²) in [6.07, 6.45) is 9.71. The molecule has 4 nitrogen and oxygen atoms in total. The number of aromatic nitrogens is 4. The Morgan fingerprint density at radius 1 is 0.448 bits per heavy atom. The van der Waals surface area contributed by atoms with Crippen LogP contribution in [0.5, 0.6) is 0 Å². The summed E-state index contributed by atoms with van der Waals surface area (Å²) in [6.45, 7) is 4.36. The van der Waals surface area contributed by atoms with Crippen molar-refractivity contribution in [1.82, 2.24) is 19.9 Å². The van der Waals surface area contributed by atoms with Gasteiger partial charge in [-0.2, -0.15) is 0 Å². The number of rotatable bonds is 3. The number of unbranched alkanes of at least 4 members (excludes halogenated alkanes) is 1. The number of pyridine rings is 4. The second-order valence-electron chi connectivity index (χ2n) is 5.86. The molecule has 29 heavy (non-hydrogen) atoms. The quantitative estimate of drug-likeness (QED) is 0.372. The summed E-state index contributed by atoms with van der Waals surface area (Å²) in [5.74, 6) is 0. The summed E-state index contributed by atoms with van der Waals surface area (Å²) in [5.41, 5.74) is 3.66. The molecule has 0 bridgehead atoms. The molecule has 0 saturated carbocycles. The SMILES string of the molecule is CCCC.[Fe].c1ccc(-c2ccccn2)nc1.c1ccc(-c2ccccn2)nc1. The maximum atomic E-state index is 4.19. The van der Waals surface area contributed by atoms with Crippen molar-refractivity contribution < 1.29 is 17.1 Å². The van der Waals surface area contributed by atoms with Gasteiger partial charge in [-0.1, -0.05) is 51.0 Å². The van der Waals surface area contributed by atoms with Crippen molar-refractivity contribution >= 4 is 0 Å². The summed E-state index contributed by atoms with van der Waals surface area (Å²) in [7, 11) is 0. The Bertz CT molecular complexity index is 721. The van der Waals surface area contributed by atoms with E-state index in [1.807, 2.05) is 72.8 Å². The second-order valence-corrected chi connectivity index (χ2v) is 5.86. The first-order chi connectivity index (χ1) is 13.8. The fourth-order valence-corrected chi connectivity index (χ4v) is 2.06. The molecule has 0 aliphatic rings. The summed E-state index contributed by atoms with van der Waals surface area (Å²) in [4.78, 5) is 16.7. The smallest absolute Gasteiger partial charge is 0.0886 e. The van der Waals surface area contributed by atoms with E-state index in [1.54, 1.807) is 24.8 Å². The maximum absolute atomic E-state index is 4.19. The van der Waals surface area contributed by atoms with Crippen LogP contribution in [0.25, 0.3) is 22.8 Å². The molecule has 4 heterocycles. The molecule has 0 radical (unpaired) electrons. The summed E-state index contributed by atoms with van der Waals surface area (Å²) >= 11 is 0. The molecule has 0 aromatic carbocycles. The van der Waals surface area contributed by atoms with Gasteiger partial charge >= 0.3 is 0 Å². The first-order valence-electron chi connectivity index (χ1n) is 9.50. The standard InChI is InChI=1S/2C10H8N2.C4H10.Fe/c2*1-3-7-11-9(5-1)10-6-2-4-8-12-10;1-3-4-2;/h2*1-8H;3-4H2,1-2H3;. The molecule has 0 spiro atoms. The number of nitrogens with zero attached hydrogens (tertiary/aromatic N) is 4. The van der Waals surface area contributed by atoms with Crippen molar-refractivity contribution in [3.8, 4) is 22.8 Å². The van der Waals surface area contributed by atoms with E-state index in [-0.39, 0.29) is 17.1 Å². The minimum absolute atomic E-state index is 0. The van der Waals surface area contributed by atoms with Gasteiger partial charge in [0.15, 0.2) is 0 Å². The molecule has 0 amide bonds. The van der Waals surface area contributed by atoms with E-state index in [0.717, 1.165) is 22.8 Å². The molecule has 0 aliphatic heterocycles. The molecular weight excluding hydrogens is 400 g/mol. The zero-order chi connectivity index (χ0) is 19.9. The Kier molecular flexibility index (Phi) is 12.6. The topological polar surface area (TPSA) is 51.6 Å². The van der Waals surface area contributed by atoms with Gasteiger partial charge < -0.3 is 0 Å². The third-order valence-corrected chi connectivity index (χ3v) is 3.68. The van der Waals surface area contributed by atoms with Crippen LogP contribution in [-0.4, -0.2) is 19.9 Å². The van der Waals surface area contributed by atoms with Gasteiger partial charge in [0.2, 0.25) is 0 Å². The average molecular weight is 426 g/mol. The fourth-order valence-electron chi connectivity index (χ4n) is 2.06. The Labute approximate surface area is 184 Å². The zero-order valence-electron chi connectivity index (χ0n) is 16.8. The van der Waals surface area contributed by atoms with Gasteiger partial charge in [0.1, 0.15) is 0 Å². The van der Waals surface area contributed by atoms with Crippen LogP contribution in [0, 0.1) is 0 Å². The largest absolute Gasteiger partial charge is 0.255 e. The minimum Gasteiger partial charge on any atom is -0.255 e. The molecule has 4 aromatic heterocycles. The number of hydrogen-bond donors (Lipinski definition) is 0. The fraction of sp³-hybridized carbons (Fsp3) is 0.167. The Morgan fingerprint density at radius 3 is 0.828 bits per heavy atom. The van der Waals surface area contributed by atoms with Crippen LogP contribution in [-0.2, 0) is 17.1 Å². The van der Waals surface area contributed by atoms with Gasteiger partial charge in [-0.15, -0.1) is 0 Å². The van der Waals surface area contributed by atoms with Crippen molar-refractivity contribution in [2.75, 3.05) is 0 Å². The normalized spacial score (nSPS) is 9.03. The molecular formula is C24H26FeN4. The first kappa shape index (κ1) is 24.2. The predicted octanol–water partition coefficient (Wildman–Crippen LogP) is 6.09. The van der Waals surface area contributed by atoms with Crippen molar-refractivity contribution in [3.63, 3.8) is 0 Å². The molecule has 0 N–H and O–H groups in total. The molecule has 0 saturated heterocycles. The Hall–Kier alpha value is -2.88. The molecule has 4 aromatic rings. The van der Waals surface area contributed by atoms with Crippen LogP contribution in [0.1, 0.15) is 26.7 Å². The molecule has 0 atom stereocenters. The zero-order valence-corrected chi connectivity index (χ0v) is 17.9. The molecule has 4 rings (SSSR count). The summed E-state index contributed by atoms with van der Waals surface area (Å²) in [5, 5.41) is 0. The van der Waals surface area contributed by atoms with Gasteiger partial charge in [-0.05, 0) is 48.5 Å². The van der Waals surface area contributed by atoms with E-state index in [1.165, 1.54) is 12.8 Å². The Morgan fingerprint density at radius 2 is 0.690 bits per heavy atom. The summed E-state index contributed by atoms with van der Waals surface area (Å²) in [6, 6.07) is 23.2. The van der Waals surface area contributed by atoms with Crippen molar-refractivity contribution in [2.24, 2.45) is 0 Å². The van der Waals surface area contributed by atoms with Crippen LogP contribution in [0.15, 0.2) is 97.6 Å². The van der Waals surface area contributed by atoms with E-state index in [9.17, 15) is 0 Å². The van der Waals surface area contributed by atoms with Gasteiger partial charge in [0.05, 0.1) is 22.8 Å². The molecule has 0 aliphatic carbocycles. The van der Waals surface area contributed by atoms with Crippen LogP contribution in [0.4, 0.5) is 0 Å². The van der Waals surface area contributed by atoms with Crippen LogP contribution >= 0.6 is 0 Å². The Balaban J connectivity index is 0.000000239. The second kappa shape index (κ2) is 15.1. The van der Waals surface area contributed by atoms with Gasteiger partial charge in [0.25, 0.3) is 0 Å². The van der Waals surface area contributed by atoms with Crippen molar-refractivity contribution in [2.45, 2.75) is 26.7 Å². The monoisotopic (exact) mass is 426 g/mol. The molecule has 150 valence electrons. The average Bonchev–Trinajstić information content (AvgIpc) is 2.82. The van der Waals surface area contributed by atoms with Crippen LogP contribution in [0.3, 0.4) is 0 Å². The van der Waals surface area contributed by atoms with E-state index in [4.69, 9.17) is 0 Å². The number of hydrogen-bond acceptors (Lipinski definition) is 4. The van der Waals surface area contributed by atoms with Gasteiger partial charge in [-0.3, -0.25) is 19.9 Å². The van der Waals surface area contributed by atoms with E-state index >= 15 is 0 Å². The summed E-state index contributed by atoms with van der Waals surface area (Å²) < 4.78 is 0. The van der Waals surface area contributed by atoms with Crippen LogP contribution < -0.4 is 0 Å². The van der Waals surface area contributed by atoms with Crippen molar-refractivity contribution in [3.05, 3.63) is 97.6 Å². The van der Waals surface area contributed by atoms with E-state index < -0.39 is 0 Å². The third-order valence-electron chi connectivity index (χ3n) is 3.68. The van der Waals surface area contributed by atoms with Crippen LogP contribution in [0.2, 0.25) is 0 Å². The van der Waals surface area contributed by atoms with Gasteiger partial charge in [-0.25, -0.2) is 0 Å². The molecule has 0 unspecified atom stereocenters. The first-order valence-corrected chi connectivity index (χ1v) is 9.50. The van der Waals surface area contributed by atoms with E-state index in [2.05, 4.69) is 33.8 Å². The third kappa shape index (κ3) is 9.24. The van der Waals surface area contributed by atoms with Gasteiger partial charge in [0, 0.05) is 41.9 Å². The minimum atomic E-state index is 0. The molecule has 0 fully saturated rings.